The fourth-order valence-corrected chi connectivity index (χ4v) is 3.95. The summed E-state index contributed by atoms with van der Waals surface area (Å²) < 4.78 is 0. The Kier molecular flexibility index (Phi) is 6.50. The summed E-state index contributed by atoms with van der Waals surface area (Å²) in [5.41, 5.74) is 3.08. The maximum Gasteiger partial charge on any atom is 0.230 e. The predicted octanol–water partition coefficient (Wildman–Crippen LogP) is 4.94. The van der Waals surface area contributed by atoms with Gasteiger partial charge in [0.15, 0.2) is 0 Å². The number of nitrogens with one attached hydrogen (secondary N) is 1. The van der Waals surface area contributed by atoms with E-state index in [2.05, 4.69) is 15.7 Å². The van der Waals surface area contributed by atoms with E-state index < -0.39 is 0 Å². The van der Waals surface area contributed by atoms with Crippen LogP contribution in [0.1, 0.15) is 22.9 Å². The van der Waals surface area contributed by atoms with Crippen molar-refractivity contribution in [3.8, 4) is 0 Å². The minimum absolute atomic E-state index is 0.00656. The Morgan fingerprint density at radius 2 is 2.00 bits per heavy atom. The first kappa shape index (κ1) is 18.0. The molecule has 0 bridgehead atoms. The van der Waals surface area contributed by atoms with E-state index >= 15 is 0 Å². The number of halogens is 1. The van der Waals surface area contributed by atoms with Crippen molar-refractivity contribution in [1.82, 2.24) is 10.3 Å². The fraction of sp³-hybridized carbons (Fsp3) is 0.158. The zero-order valence-corrected chi connectivity index (χ0v) is 15.8. The molecule has 1 aromatic carbocycles. The number of nitrogens with zero attached hydrogens (tertiary/aromatic N) is 1. The van der Waals surface area contributed by atoms with Crippen molar-refractivity contribution in [2.45, 2.75) is 11.8 Å². The van der Waals surface area contributed by atoms with Gasteiger partial charge < -0.3 is 5.32 Å². The van der Waals surface area contributed by atoms with Crippen LogP contribution in [-0.2, 0) is 10.5 Å². The van der Waals surface area contributed by atoms with Gasteiger partial charge in [-0.05, 0) is 52.2 Å². The molecule has 1 amide bonds. The molecule has 1 unspecified atom stereocenters. The number of aromatic nitrogens is 1. The van der Waals surface area contributed by atoms with E-state index in [-0.39, 0.29) is 11.9 Å². The summed E-state index contributed by atoms with van der Waals surface area (Å²) in [6, 6.07) is 15.3. The lowest BCUT2D eigenvalue weighted by Gasteiger charge is -2.18. The van der Waals surface area contributed by atoms with Crippen LogP contribution in [0.5, 0.6) is 0 Å². The second kappa shape index (κ2) is 9.04. The van der Waals surface area contributed by atoms with Gasteiger partial charge in [-0.25, -0.2) is 0 Å². The molecule has 1 N–H and O–H groups in total. The van der Waals surface area contributed by atoms with Crippen molar-refractivity contribution < 1.29 is 4.79 Å². The van der Waals surface area contributed by atoms with Gasteiger partial charge in [0.1, 0.15) is 0 Å². The van der Waals surface area contributed by atoms with Crippen LogP contribution < -0.4 is 5.32 Å². The summed E-state index contributed by atoms with van der Waals surface area (Å²) >= 11 is 9.15. The molecule has 0 fully saturated rings. The number of hydrogen-bond donors (Lipinski definition) is 1. The van der Waals surface area contributed by atoms with Crippen LogP contribution in [-0.4, -0.2) is 16.6 Å². The molecule has 0 saturated heterocycles. The standard InChI is InChI=1S/C19H17ClN2OS2/c20-16-6-4-14(5-7-16)19(15-8-10-24-11-15)22-18(23)13-25-12-17-3-1-2-9-21-17/h1-11,19H,12-13H2,(H,22,23). The molecule has 128 valence electrons. The first-order valence-corrected chi connectivity index (χ1v) is 10.2. The highest BCUT2D eigenvalue weighted by molar-refractivity contribution is 7.99. The molecule has 2 heterocycles. The molecule has 0 aliphatic heterocycles. The number of carbonyl (C=O) groups excluding carboxylic acids is 1. The number of benzene rings is 1. The summed E-state index contributed by atoms with van der Waals surface area (Å²) in [4.78, 5) is 16.7. The van der Waals surface area contributed by atoms with Crippen LogP contribution >= 0.6 is 34.7 Å². The van der Waals surface area contributed by atoms with Crippen LogP contribution in [0.3, 0.4) is 0 Å². The smallest absolute Gasteiger partial charge is 0.230 e. The van der Waals surface area contributed by atoms with E-state index in [4.69, 9.17) is 11.6 Å². The molecular weight excluding hydrogens is 372 g/mol. The lowest BCUT2D eigenvalue weighted by Crippen LogP contribution is -2.30. The largest absolute Gasteiger partial charge is 0.344 e. The highest BCUT2D eigenvalue weighted by atomic mass is 35.5. The molecule has 3 aromatic rings. The van der Waals surface area contributed by atoms with Gasteiger partial charge in [0, 0.05) is 17.0 Å². The quantitative estimate of drug-likeness (QED) is 0.623. The third-order valence-electron chi connectivity index (χ3n) is 3.59. The number of pyridine rings is 1. The van der Waals surface area contributed by atoms with Crippen molar-refractivity contribution in [2.75, 3.05) is 5.75 Å². The first-order valence-electron chi connectivity index (χ1n) is 7.77. The summed E-state index contributed by atoms with van der Waals surface area (Å²) in [6.07, 6.45) is 1.77. The molecule has 1 atom stereocenters. The molecular formula is C19H17ClN2OS2. The van der Waals surface area contributed by atoms with Crippen LogP contribution in [0, 0.1) is 0 Å². The monoisotopic (exact) mass is 388 g/mol. The van der Waals surface area contributed by atoms with Crippen LogP contribution in [0.2, 0.25) is 5.02 Å². The SMILES string of the molecule is O=C(CSCc1ccccn1)NC(c1ccc(Cl)cc1)c1ccsc1. The van der Waals surface area contributed by atoms with E-state index in [1.165, 1.54) is 0 Å². The highest BCUT2D eigenvalue weighted by Crippen LogP contribution is 2.25. The summed E-state index contributed by atoms with van der Waals surface area (Å²) in [5, 5.41) is 7.88. The lowest BCUT2D eigenvalue weighted by atomic mass is 10.0. The zero-order valence-electron chi connectivity index (χ0n) is 13.4. The molecule has 0 spiro atoms. The van der Waals surface area contributed by atoms with Gasteiger partial charge in [-0.15, -0.1) is 11.8 Å². The number of thioether (sulfide) groups is 1. The van der Waals surface area contributed by atoms with Crippen molar-refractivity contribution in [2.24, 2.45) is 0 Å². The number of hydrogen-bond acceptors (Lipinski definition) is 4. The molecule has 0 aliphatic carbocycles. The van der Waals surface area contributed by atoms with Crippen LogP contribution in [0.25, 0.3) is 0 Å². The average Bonchev–Trinajstić information content (AvgIpc) is 3.16. The molecule has 3 nitrogen and oxygen atoms in total. The second-order valence-electron chi connectivity index (χ2n) is 5.42. The molecule has 0 saturated carbocycles. The fourth-order valence-electron chi connectivity index (χ4n) is 2.39. The van der Waals surface area contributed by atoms with Gasteiger partial charge in [-0.1, -0.05) is 29.8 Å². The molecule has 25 heavy (non-hydrogen) atoms. The number of rotatable bonds is 7. The molecule has 3 rings (SSSR count). The lowest BCUT2D eigenvalue weighted by molar-refractivity contribution is -0.119. The molecule has 0 radical (unpaired) electrons. The van der Waals surface area contributed by atoms with Gasteiger partial charge in [0.25, 0.3) is 0 Å². The Morgan fingerprint density at radius 3 is 2.68 bits per heavy atom. The van der Waals surface area contributed by atoms with Gasteiger partial charge in [-0.3, -0.25) is 9.78 Å². The van der Waals surface area contributed by atoms with Gasteiger partial charge in [-0.2, -0.15) is 11.3 Å². The van der Waals surface area contributed by atoms with Crippen molar-refractivity contribution in [3.63, 3.8) is 0 Å². The van der Waals surface area contributed by atoms with Crippen molar-refractivity contribution >= 4 is 40.6 Å². The zero-order chi connectivity index (χ0) is 17.5. The maximum atomic E-state index is 12.4. The van der Waals surface area contributed by atoms with Crippen molar-refractivity contribution in [1.29, 1.82) is 0 Å². The van der Waals surface area contributed by atoms with E-state index in [9.17, 15) is 4.79 Å². The minimum atomic E-state index is -0.161. The molecule has 2 aromatic heterocycles. The Balaban J connectivity index is 1.62. The van der Waals surface area contributed by atoms with E-state index in [0.29, 0.717) is 10.8 Å². The van der Waals surface area contributed by atoms with Gasteiger partial charge >= 0.3 is 0 Å². The van der Waals surface area contributed by atoms with Gasteiger partial charge in [0.2, 0.25) is 5.91 Å². The van der Waals surface area contributed by atoms with E-state index in [0.717, 1.165) is 22.6 Å². The summed E-state index contributed by atoms with van der Waals surface area (Å²) in [5.74, 6) is 1.12. The normalized spacial score (nSPS) is 11.9. The predicted molar refractivity (Wildman–Crippen MR) is 106 cm³/mol. The summed E-state index contributed by atoms with van der Waals surface area (Å²) in [7, 11) is 0. The van der Waals surface area contributed by atoms with E-state index in [1.807, 2.05) is 53.9 Å². The average molecular weight is 389 g/mol. The summed E-state index contributed by atoms with van der Waals surface area (Å²) in [6.45, 7) is 0. The highest BCUT2D eigenvalue weighted by Gasteiger charge is 2.17. The number of carbonyl (C=O) groups is 1. The van der Waals surface area contributed by atoms with Crippen molar-refractivity contribution in [3.05, 3.63) is 87.3 Å². The molecule has 6 heteroatoms. The second-order valence-corrected chi connectivity index (χ2v) is 7.62. The Morgan fingerprint density at radius 1 is 1.16 bits per heavy atom. The third kappa shape index (κ3) is 5.33. The van der Waals surface area contributed by atoms with Gasteiger partial charge in [0.05, 0.1) is 17.5 Å². The number of thiophene rings is 1. The maximum absolute atomic E-state index is 12.4. The third-order valence-corrected chi connectivity index (χ3v) is 5.51. The topological polar surface area (TPSA) is 42.0 Å². The van der Waals surface area contributed by atoms with Crippen LogP contribution in [0.15, 0.2) is 65.5 Å². The Bertz CT molecular complexity index is 792. The number of amides is 1. The first-order chi connectivity index (χ1) is 12.2. The minimum Gasteiger partial charge on any atom is -0.344 e. The van der Waals surface area contributed by atoms with Crippen LogP contribution in [0.4, 0.5) is 0 Å². The van der Waals surface area contributed by atoms with E-state index in [1.54, 1.807) is 29.3 Å². The Hall–Kier alpha value is -1.82. The molecule has 0 aliphatic rings. The Labute approximate surface area is 160 Å².